The number of benzene rings is 1. The van der Waals surface area contributed by atoms with Gasteiger partial charge in [0.15, 0.2) is 11.2 Å². The molecule has 1 aromatic carbocycles. The summed E-state index contributed by atoms with van der Waals surface area (Å²) < 4.78 is 3.44. The first kappa shape index (κ1) is 16.9. The van der Waals surface area contributed by atoms with E-state index >= 15 is 0 Å². The van der Waals surface area contributed by atoms with E-state index in [1.807, 2.05) is 42.6 Å². The van der Waals surface area contributed by atoms with Crippen molar-refractivity contribution < 1.29 is 0 Å². The van der Waals surface area contributed by atoms with Crippen LogP contribution in [0, 0.1) is 0 Å². The largest absolute Gasteiger partial charge is 0.313 e. The van der Waals surface area contributed by atoms with Crippen molar-refractivity contribution in [2.45, 2.75) is 38.6 Å². The highest BCUT2D eigenvalue weighted by molar-refractivity contribution is 5.82. The molecule has 140 valence electrons. The average Bonchev–Trinajstić information content (AvgIpc) is 3.19. The first-order valence-electron chi connectivity index (χ1n) is 9.78. The SMILES string of the molecule is O=c1c2nnc3c(-c4ccccc4)cnn3c2ccn1CCC1=CCCCC1. The van der Waals surface area contributed by atoms with E-state index in [1.165, 1.54) is 18.4 Å². The Bertz CT molecular complexity index is 1240. The summed E-state index contributed by atoms with van der Waals surface area (Å²) in [5, 5.41) is 13.1. The molecule has 0 bridgehead atoms. The second-order valence-electron chi connectivity index (χ2n) is 7.27. The number of nitrogens with zero attached hydrogens (tertiary/aromatic N) is 5. The summed E-state index contributed by atoms with van der Waals surface area (Å²) >= 11 is 0. The van der Waals surface area contributed by atoms with Gasteiger partial charge in [0, 0.05) is 18.3 Å². The van der Waals surface area contributed by atoms with E-state index in [4.69, 9.17) is 0 Å². The van der Waals surface area contributed by atoms with Gasteiger partial charge in [-0.3, -0.25) is 4.79 Å². The summed E-state index contributed by atoms with van der Waals surface area (Å²) in [7, 11) is 0. The second-order valence-corrected chi connectivity index (χ2v) is 7.27. The van der Waals surface area contributed by atoms with Crippen LogP contribution in [0.25, 0.3) is 27.8 Å². The van der Waals surface area contributed by atoms with Gasteiger partial charge in [0.05, 0.1) is 6.20 Å². The summed E-state index contributed by atoms with van der Waals surface area (Å²) in [6, 6.07) is 11.9. The van der Waals surface area contributed by atoms with Crippen LogP contribution in [-0.2, 0) is 6.54 Å². The molecule has 0 N–H and O–H groups in total. The van der Waals surface area contributed by atoms with Crippen molar-refractivity contribution >= 4 is 16.7 Å². The molecule has 0 saturated heterocycles. The Morgan fingerprint density at radius 2 is 1.93 bits per heavy atom. The van der Waals surface area contributed by atoms with Gasteiger partial charge in [-0.05, 0) is 43.7 Å². The van der Waals surface area contributed by atoms with Gasteiger partial charge in [-0.2, -0.15) is 5.10 Å². The minimum atomic E-state index is -0.111. The molecule has 1 aliphatic rings. The van der Waals surface area contributed by atoms with Crippen LogP contribution in [0.3, 0.4) is 0 Å². The van der Waals surface area contributed by atoms with Crippen LogP contribution in [-0.4, -0.2) is 24.4 Å². The predicted octanol–water partition coefficient (Wildman–Crippen LogP) is 4.00. The van der Waals surface area contributed by atoms with Crippen molar-refractivity contribution in [3.05, 3.63) is 70.8 Å². The highest BCUT2D eigenvalue weighted by atomic mass is 16.1. The molecule has 0 atom stereocenters. The number of aryl methyl sites for hydroxylation is 1. The van der Waals surface area contributed by atoms with Crippen LogP contribution < -0.4 is 5.56 Å². The lowest BCUT2D eigenvalue weighted by Gasteiger charge is -2.13. The molecule has 0 saturated carbocycles. The van der Waals surface area contributed by atoms with Gasteiger partial charge in [0.25, 0.3) is 5.56 Å². The van der Waals surface area contributed by atoms with Crippen LogP contribution in [0.15, 0.2) is 65.2 Å². The third kappa shape index (κ3) is 2.91. The number of pyridine rings is 1. The number of hydrogen-bond donors (Lipinski definition) is 0. The monoisotopic (exact) mass is 371 g/mol. The fraction of sp³-hybridized carbons (Fsp3) is 0.273. The normalized spacial score (nSPS) is 14.5. The van der Waals surface area contributed by atoms with Gasteiger partial charge in [-0.25, -0.2) is 4.52 Å². The Labute approximate surface area is 162 Å². The van der Waals surface area contributed by atoms with Crippen molar-refractivity contribution in [3.63, 3.8) is 0 Å². The summed E-state index contributed by atoms with van der Waals surface area (Å²) in [5.41, 5.74) is 4.98. The van der Waals surface area contributed by atoms with Gasteiger partial charge in [-0.15, -0.1) is 10.2 Å². The van der Waals surface area contributed by atoms with E-state index in [-0.39, 0.29) is 5.56 Å². The first-order chi connectivity index (χ1) is 13.8. The van der Waals surface area contributed by atoms with E-state index < -0.39 is 0 Å². The molecule has 0 unspecified atom stereocenters. The number of fused-ring (bicyclic) bond motifs is 3. The Balaban J connectivity index is 1.54. The average molecular weight is 371 g/mol. The first-order valence-corrected chi connectivity index (χ1v) is 9.78. The van der Waals surface area contributed by atoms with Crippen LogP contribution in [0.2, 0.25) is 0 Å². The minimum absolute atomic E-state index is 0.111. The summed E-state index contributed by atoms with van der Waals surface area (Å²) in [6.07, 6.45) is 11.7. The van der Waals surface area contributed by atoms with Crippen LogP contribution in [0.4, 0.5) is 0 Å². The maximum absolute atomic E-state index is 12.9. The van der Waals surface area contributed by atoms with Crippen LogP contribution in [0.1, 0.15) is 32.1 Å². The molecule has 0 spiro atoms. The minimum Gasteiger partial charge on any atom is -0.313 e. The highest BCUT2D eigenvalue weighted by Crippen LogP contribution is 2.24. The van der Waals surface area contributed by atoms with Gasteiger partial charge in [0.1, 0.15) is 5.52 Å². The molecule has 3 aromatic heterocycles. The topological polar surface area (TPSA) is 65.1 Å². The molecule has 4 aromatic rings. The van der Waals surface area contributed by atoms with Gasteiger partial charge in [0.2, 0.25) is 0 Å². The predicted molar refractivity (Wildman–Crippen MR) is 109 cm³/mol. The zero-order valence-electron chi connectivity index (χ0n) is 15.6. The van der Waals surface area contributed by atoms with E-state index in [9.17, 15) is 4.79 Å². The zero-order valence-corrected chi connectivity index (χ0v) is 15.6. The molecule has 0 radical (unpaired) electrons. The number of aromatic nitrogens is 5. The number of allylic oxidation sites excluding steroid dienone is 2. The molecular formula is C22H21N5O. The number of hydrogen-bond acceptors (Lipinski definition) is 4. The molecule has 0 fully saturated rings. The summed E-state index contributed by atoms with van der Waals surface area (Å²) in [6.45, 7) is 0.675. The van der Waals surface area contributed by atoms with Gasteiger partial charge in [-0.1, -0.05) is 42.0 Å². The third-order valence-corrected chi connectivity index (χ3v) is 5.48. The lowest BCUT2D eigenvalue weighted by atomic mass is 9.97. The Kier molecular flexibility index (Phi) is 4.24. The van der Waals surface area contributed by atoms with Crippen molar-refractivity contribution in [2.75, 3.05) is 0 Å². The van der Waals surface area contributed by atoms with Crippen molar-refractivity contribution in [2.24, 2.45) is 0 Å². The van der Waals surface area contributed by atoms with Crippen molar-refractivity contribution in [1.29, 1.82) is 0 Å². The molecule has 0 aliphatic heterocycles. The molecule has 6 nitrogen and oxygen atoms in total. The standard InChI is InChI=1S/C22H21N5O/c28-22-20-19(12-14-26(22)13-11-16-7-3-1-4-8-16)27-21(25-24-20)18(15-23-27)17-9-5-2-6-10-17/h2,5-7,9-10,12,14-15H,1,3-4,8,11,13H2. The van der Waals surface area contributed by atoms with Gasteiger partial charge < -0.3 is 4.57 Å². The molecule has 5 rings (SSSR count). The number of rotatable bonds is 4. The fourth-order valence-corrected chi connectivity index (χ4v) is 3.92. The quantitative estimate of drug-likeness (QED) is 0.509. The third-order valence-electron chi connectivity index (χ3n) is 5.48. The van der Waals surface area contributed by atoms with Crippen LogP contribution >= 0.6 is 0 Å². The Morgan fingerprint density at radius 1 is 1.04 bits per heavy atom. The smallest absolute Gasteiger partial charge is 0.280 e. The molecular weight excluding hydrogens is 350 g/mol. The summed E-state index contributed by atoms with van der Waals surface area (Å²) in [4.78, 5) is 12.9. The van der Waals surface area contributed by atoms with E-state index in [2.05, 4.69) is 21.4 Å². The molecule has 6 heteroatoms. The lowest BCUT2D eigenvalue weighted by molar-refractivity contribution is 0.615. The molecule has 0 amide bonds. The van der Waals surface area contributed by atoms with Crippen molar-refractivity contribution in [1.82, 2.24) is 24.4 Å². The lowest BCUT2D eigenvalue weighted by Crippen LogP contribution is -2.22. The second kappa shape index (κ2) is 7.03. The Hall–Kier alpha value is -3.28. The van der Waals surface area contributed by atoms with Crippen LogP contribution in [0.5, 0.6) is 0 Å². The highest BCUT2D eigenvalue weighted by Gasteiger charge is 2.14. The molecule has 28 heavy (non-hydrogen) atoms. The molecule has 3 heterocycles. The maximum Gasteiger partial charge on any atom is 0.280 e. The maximum atomic E-state index is 12.9. The Morgan fingerprint density at radius 3 is 2.75 bits per heavy atom. The van der Waals surface area contributed by atoms with E-state index in [1.54, 1.807) is 15.3 Å². The fourth-order valence-electron chi connectivity index (χ4n) is 3.92. The van der Waals surface area contributed by atoms with Crippen molar-refractivity contribution in [3.8, 4) is 11.1 Å². The van der Waals surface area contributed by atoms with E-state index in [0.717, 1.165) is 30.4 Å². The van der Waals surface area contributed by atoms with E-state index in [0.29, 0.717) is 23.2 Å². The zero-order chi connectivity index (χ0) is 18.9. The summed E-state index contributed by atoms with van der Waals surface area (Å²) in [5.74, 6) is 0. The molecule has 1 aliphatic carbocycles. The van der Waals surface area contributed by atoms with Gasteiger partial charge >= 0.3 is 0 Å².